The van der Waals surface area contributed by atoms with E-state index in [2.05, 4.69) is 15.6 Å². The molecule has 1 aliphatic rings. The van der Waals surface area contributed by atoms with E-state index < -0.39 is 0 Å². The third kappa shape index (κ3) is 5.43. The summed E-state index contributed by atoms with van der Waals surface area (Å²) in [5, 5.41) is 15.5. The van der Waals surface area contributed by atoms with Gasteiger partial charge in [0, 0.05) is 32.4 Å². The Labute approximate surface area is 149 Å². The number of benzene rings is 1. The highest BCUT2D eigenvalue weighted by Crippen LogP contribution is 2.43. The average molecular weight is 346 g/mol. The zero-order valence-electron chi connectivity index (χ0n) is 15.1. The van der Waals surface area contributed by atoms with Gasteiger partial charge in [-0.3, -0.25) is 0 Å². The number of nitriles is 1. The lowest BCUT2D eigenvalue weighted by molar-refractivity contribution is 0.0732. The number of methoxy groups -OCH3 is 1. The van der Waals surface area contributed by atoms with E-state index >= 15 is 0 Å². The third-order valence-electron chi connectivity index (χ3n) is 4.81. The van der Waals surface area contributed by atoms with E-state index in [4.69, 9.17) is 10.00 Å². The molecular weight excluding hydrogens is 319 g/mol. The van der Waals surface area contributed by atoms with Crippen LogP contribution in [0.15, 0.2) is 23.2 Å². The second-order valence-electron chi connectivity index (χ2n) is 6.56. The summed E-state index contributed by atoms with van der Waals surface area (Å²) >= 11 is 0. The van der Waals surface area contributed by atoms with Crippen LogP contribution in [0.4, 0.5) is 4.39 Å². The lowest BCUT2D eigenvalue weighted by Crippen LogP contribution is -2.47. The number of halogens is 1. The van der Waals surface area contributed by atoms with E-state index in [0.717, 1.165) is 26.1 Å². The molecule has 0 unspecified atom stereocenters. The predicted octanol–water partition coefficient (Wildman–Crippen LogP) is 2.96. The molecule has 1 saturated carbocycles. The largest absolute Gasteiger partial charge is 0.385 e. The van der Waals surface area contributed by atoms with Crippen LogP contribution in [0.2, 0.25) is 0 Å². The molecule has 0 radical (unpaired) electrons. The van der Waals surface area contributed by atoms with Crippen molar-refractivity contribution in [2.24, 2.45) is 10.4 Å². The molecule has 25 heavy (non-hydrogen) atoms. The Kier molecular flexibility index (Phi) is 7.20. The minimum absolute atomic E-state index is 0.196. The molecule has 0 spiro atoms. The van der Waals surface area contributed by atoms with Crippen molar-refractivity contribution in [3.05, 3.63) is 35.1 Å². The minimum Gasteiger partial charge on any atom is -0.385 e. The average Bonchev–Trinajstić information content (AvgIpc) is 2.59. The zero-order valence-corrected chi connectivity index (χ0v) is 15.1. The van der Waals surface area contributed by atoms with Gasteiger partial charge in [0.1, 0.15) is 5.82 Å². The molecule has 2 rings (SSSR count). The Bertz CT molecular complexity index is 635. The molecule has 5 nitrogen and oxygen atoms in total. The molecule has 2 N–H and O–H groups in total. The minimum atomic E-state index is -0.339. The van der Waals surface area contributed by atoms with Gasteiger partial charge in [-0.2, -0.15) is 5.26 Å². The van der Waals surface area contributed by atoms with Crippen molar-refractivity contribution in [2.75, 3.05) is 26.8 Å². The molecule has 1 aromatic rings. The molecule has 1 aromatic carbocycles. The Morgan fingerprint density at radius 3 is 2.80 bits per heavy atom. The van der Waals surface area contributed by atoms with Crippen molar-refractivity contribution < 1.29 is 9.13 Å². The molecule has 136 valence electrons. The first-order chi connectivity index (χ1) is 12.1. The highest BCUT2D eigenvalue weighted by atomic mass is 19.1. The second-order valence-corrected chi connectivity index (χ2v) is 6.56. The second kappa shape index (κ2) is 9.38. The molecule has 0 heterocycles. The van der Waals surface area contributed by atoms with Gasteiger partial charge in [-0.15, -0.1) is 0 Å². The normalized spacial score (nSPS) is 16.0. The summed E-state index contributed by atoms with van der Waals surface area (Å²) in [6.45, 7) is 4.53. The molecule has 0 saturated heterocycles. The first-order valence-electron chi connectivity index (χ1n) is 8.82. The van der Waals surface area contributed by atoms with E-state index in [1.165, 1.54) is 31.4 Å². The summed E-state index contributed by atoms with van der Waals surface area (Å²) in [5.41, 5.74) is 1.14. The molecular formula is C19H27FN4O. The fourth-order valence-corrected chi connectivity index (χ4v) is 3.05. The number of aliphatic imine (C=N–C) groups is 1. The van der Waals surface area contributed by atoms with Crippen molar-refractivity contribution in [3.63, 3.8) is 0 Å². The maximum Gasteiger partial charge on any atom is 0.191 e. The first kappa shape index (κ1) is 19.2. The van der Waals surface area contributed by atoms with Gasteiger partial charge in [0.2, 0.25) is 0 Å². The quantitative estimate of drug-likeness (QED) is 0.561. The Morgan fingerprint density at radius 2 is 2.20 bits per heavy atom. The Hall–Kier alpha value is -2.13. The molecule has 0 aliphatic heterocycles. The van der Waals surface area contributed by atoms with Crippen LogP contribution in [0.5, 0.6) is 0 Å². The Morgan fingerprint density at radius 1 is 1.40 bits per heavy atom. The fraction of sp³-hybridized carbons (Fsp3) is 0.579. The number of hydrogen-bond donors (Lipinski definition) is 2. The lowest BCUT2D eigenvalue weighted by atomic mass is 9.67. The summed E-state index contributed by atoms with van der Waals surface area (Å²) in [5.74, 6) is 0.335. The highest BCUT2D eigenvalue weighted by molar-refractivity contribution is 5.79. The van der Waals surface area contributed by atoms with Crippen LogP contribution >= 0.6 is 0 Å². The molecule has 0 bridgehead atoms. The van der Waals surface area contributed by atoms with Crippen molar-refractivity contribution in [2.45, 2.75) is 39.2 Å². The van der Waals surface area contributed by atoms with Gasteiger partial charge < -0.3 is 15.4 Å². The van der Waals surface area contributed by atoms with Gasteiger partial charge >= 0.3 is 0 Å². The molecule has 0 amide bonds. The van der Waals surface area contributed by atoms with Crippen LogP contribution in [-0.2, 0) is 11.3 Å². The van der Waals surface area contributed by atoms with E-state index in [-0.39, 0.29) is 17.8 Å². The van der Waals surface area contributed by atoms with Crippen LogP contribution in [0.3, 0.4) is 0 Å². The van der Waals surface area contributed by atoms with Crippen LogP contribution in [0, 0.1) is 22.6 Å². The van der Waals surface area contributed by atoms with Crippen molar-refractivity contribution >= 4 is 5.96 Å². The SMILES string of the molecule is CCNC(=NCc1cc(C#N)ccc1F)NCC1(CCOC)CCC1. The zero-order chi connectivity index (χ0) is 18.1. The smallest absolute Gasteiger partial charge is 0.191 e. The number of nitrogens with zero attached hydrogens (tertiary/aromatic N) is 2. The number of ether oxygens (including phenoxy) is 1. The van der Waals surface area contributed by atoms with Gasteiger partial charge in [-0.05, 0) is 49.8 Å². The molecule has 6 heteroatoms. The number of nitrogens with one attached hydrogen (secondary N) is 2. The number of hydrogen-bond acceptors (Lipinski definition) is 3. The summed E-state index contributed by atoms with van der Waals surface area (Å²) in [6.07, 6.45) is 4.68. The van der Waals surface area contributed by atoms with Gasteiger partial charge in [-0.25, -0.2) is 9.38 Å². The predicted molar refractivity (Wildman–Crippen MR) is 96.7 cm³/mol. The van der Waals surface area contributed by atoms with E-state index in [1.54, 1.807) is 13.2 Å². The van der Waals surface area contributed by atoms with E-state index in [9.17, 15) is 4.39 Å². The van der Waals surface area contributed by atoms with E-state index in [1.807, 2.05) is 13.0 Å². The van der Waals surface area contributed by atoms with Crippen LogP contribution in [0.25, 0.3) is 0 Å². The van der Waals surface area contributed by atoms with Crippen molar-refractivity contribution in [3.8, 4) is 6.07 Å². The van der Waals surface area contributed by atoms with Gasteiger partial charge in [0.25, 0.3) is 0 Å². The van der Waals surface area contributed by atoms with Gasteiger partial charge in [0.15, 0.2) is 5.96 Å². The first-order valence-corrected chi connectivity index (χ1v) is 8.82. The summed E-state index contributed by atoms with van der Waals surface area (Å²) in [4.78, 5) is 4.48. The summed E-state index contributed by atoms with van der Waals surface area (Å²) < 4.78 is 19.1. The van der Waals surface area contributed by atoms with Gasteiger partial charge in [0.05, 0.1) is 18.2 Å². The maximum atomic E-state index is 13.9. The summed E-state index contributed by atoms with van der Waals surface area (Å²) in [6, 6.07) is 6.37. The van der Waals surface area contributed by atoms with Gasteiger partial charge in [-0.1, -0.05) is 6.42 Å². The highest BCUT2D eigenvalue weighted by Gasteiger charge is 2.36. The molecule has 0 atom stereocenters. The molecule has 0 aromatic heterocycles. The van der Waals surface area contributed by atoms with Crippen LogP contribution in [-0.4, -0.2) is 32.8 Å². The van der Waals surface area contributed by atoms with Crippen molar-refractivity contribution in [1.29, 1.82) is 5.26 Å². The van der Waals surface area contributed by atoms with Crippen molar-refractivity contribution in [1.82, 2.24) is 10.6 Å². The monoisotopic (exact) mass is 346 g/mol. The molecule has 1 aliphatic carbocycles. The summed E-state index contributed by atoms with van der Waals surface area (Å²) in [7, 11) is 1.73. The lowest BCUT2D eigenvalue weighted by Gasteiger charge is -2.42. The Balaban J connectivity index is 2.00. The van der Waals surface area contributed by atoms with E-state index in [0.29, 0.717) is 17.1 Å². The van der Waals surface area contributed by atoms with Crippen LogP contribution in [0.1, 0.15) is 43.7 Å². The number of guanidine groups is 1. The molecule has 1 fully saturated rings. The fourth-order valence-electron chi connectivity index (χ4n) is 3.05. The third-order valence-corrected chi connectivity index (χ3v) is 4.81. The number of rotatable bonds is 8. The topological polar surface area (TPSA) is 69.4 Å². The maximum absolute atomic E-state index is 13.9. The van der Waals surface area contributed by atoms with Crippen LogP contribution < -0.4 is 10.6 Å². The standard InChI is InChI=1S/C19H27FN4O/c1-3-22-18(24-14-19(7-4-8-19)9-10-25-2)23-13-16-11-15(12-21)5-6-17(16)20/h5-6,11H,3-4,7-10,13-14H2,1-2H3,(H2,22,23,24).